The molecule has 0 rings (SSSR count). The molecule has 0 fully saturated rings. The van der Waals surface area contributed by atoms with Crippen molar-refractivity contribution in [2.45, 2.75) is 52.7 Å². The van der Waals surface area contributed by atoms with Crippen LogP contribution < -0.4 is 0 Å². The van der Waals surface area contributed by atoms with Crippen LogP contribution in [0.3, 0.4) is 0 Å². The average Bonchev–Trinajstić information content (AvgIpc) is 2.35. The molecule has 0 heterocycles. The summed E-state index contributed by atoms with van der Waals surface area (Å²) in [6.07, 6.45) is -7.41. The van der Waals surface area contributed by atoms with Crippen molar-refractivity contribution < 1.29 is 57.1 Å². The third-order valence-corrected chi connectivity index (χ3v) is 5.75. The summed E-state index contributed by atoms with van der Waals surface area (Å²) in [6.45, 7) is 0.147. The molecular formula is C9H7Cl2F13Si. The molecule has 0 spiro atoms. The molecule has 0 aromatic carbocycles. The molecule has 0 saturated carbocycles. The fourth-order valence-corrected chi connectivity index (χ4v) is 4.20. The van der Waals surface area contributed by atoms with Gasteiger partial charge in [-0.15, -0.1) is 23.2 Å². The number of halogens is 15. The van der Waals surface area contributed by atoms with E-state index in [1.165, 1.54) is 0 Å². The van der Waals surface area contributed by atoms with Crippen LogP contribution in [0.5, 0.6) is 0 Å². The smallest absolute Gasteiger partial charge is 0.200 e. The highest BCUT2D eigenvalue weighted by molar-refractivity contribution is 6.69. The Morgan fingerprint density at radius 2 is 0.920 bits per heavy atom. The van der Waals surface area contributed by atoms with Gasteiger partial charge in [0.25, 0.3) is 0 Å². The lowest BCUT2D eigenvalue weighted by molar-refractivity contribution is -0.439. The monoisotopic (exact) mass is 460 g/mol. The molecule has 0 aliphatic rings. The van der Waals surface area contributed by atoms with E-state index in [0.717, 1.165) is 0 Å². The van der Waals surface area contributed by atoms with Gasteiger partial charge in [-0.2, -0.15) is 57.1 Å². The molecule has 0 aliphatic heterocycles. The Morgan fingerprint density at radius 3 is 1.20 bits per heavy atom. The van der Waals surface area contributed by atoms with Gasteiger partial charge in [-0.05, 0) is 0 Å². The Hall–Kier alpha value is -0.113. The second-order valence-corrected chi connectivity index (χ2v) is 9.77. The molecule has 0 saturated heterocycles. The predicted molar refractivity (Wildman–Crippen MR) is 64.3 cm³/mol. The van der Waals surface area contributed by atoms with Crippen LogP contribution in [0.2, 0.25) is 5.54 Å². The lowest BCUT2D eigenvalue weighted by Gasteiger charge is -2.41. The zero-order valence-electron chi connectivity index (χ0n) is 11.5. The summed E-state index contributed by atoms with van der Waals surface area (Å²) in [5, 5.41) is 0. The van der Waals surface area contributed by atoms with Gasteiger partial charge in [0, 0.05) is 5.54 Å². The summed E-state index contributed by atoms with van der Waals surface area (Å²) in [6, 6.07) is 0. The molecule has 152 valence electrons. The van der Waals surface area contributed by atoms with Crippen LogP contribution in [-0.4, -0.2) is 49.8 Å². The van der Waals surface area contributed by atoms with Crippen molar-refractivity contribution >= 4 is 32.7 Å². The van der Waals surface area contributed by atoms with Gasteiger partial charge >= 0.3 is 35.8 Å². The summed E-state index contributed by atoms with van der Waals surface area (Å²) < 4.78 is 165. The zero-order chi connectivity index (χ0) is 20.9. The highest BCUT2D eigenvalue weighted by Crippen LogP contribution is 2.61. The fraction of sp³-hybridized carbons (Fsp3) is 1.00. The molecule has 0 aromatic heterocycles. The first kappa shape index (κ1) is 24.9. The Balaban J connectivity index is 6.20. The van der Waals surface area contributed by atoms with Gasteiger partial charge in [-0.1, -0.05) is 6.92 Å². The molecule has 25 heavy (non-hydrogen) atoms. The maximum atomic E-state index is 13.5. The molecule has 0 amide bonds. The van der Waals surface area contributed by atoms with Crippen LogP contribution in [0, 0.1) is 0 Å². The third kappa shape index (κ3) is 3.80. The molecule has 0 N–H and O–H groups in total. The lowest BCUT2D eigenvalue weighted by atomic mass is 9.93. The lowest BCUT2D eigenvalue weighted by Crippen LogP contribution is -2.70. The molecular weight excluding hydrogens is 454 g/mol. The standard InChI is InChI=1S/C9H7Cl2F13Si/c1-2(25-3(10)11)4(12,13)5(14,15)6(16,17)7(18,19)8(20,21)9(22,23)24/h2-3H,25H2,1H3. The summed E-state index contributed by atoms with van der Waals surface area (Å²) in [4.78, 5) is 0. The largest absolute Gasteiger partial charge is 0.460 e. The van der Waals surface area contributed by atoms with E-state index in [4.69, 9.17) is 23.2 Å². The normalized spacial score (nSPS) is 17.6. The van der Waals surface area contributed by atoms with E-state index >= 15 is 0 Å². The topological polar surface area (TPSA) is 0 Å². The molecule has 1 unspecified atom stereocenters. The Bertz CT molecular complexity index is 473. The molecule has 0 aromatic rings. The van der Waals surface area contributed by atoms with Crippen molar-refractivity contribution in [1.82, 2.24) is 0 Å². The van der Waals surface area contributed by atoms with Crippen molar-refractivity contribution in [3.63, 3.8) is 0 Å². The first-order valence-corrected chi connectivity index (χ1v) is 8.33. The average molecular weight is 461 g/mol. The van der Waals surface area contributed by atoms with Gasteiger partial charge in [-0.25, -0.2) is 0 Å². The van der Waals surface area contributed by atoms with Crippen molar-refractivity contribution in [1.29, 1.82) is 0 Å². The summed E-state index contributed by atoms with van der Waals surface area (Å²) in [5.74, 6) is -36.7. The van der Waals surface area contributed by atoms with Crippen LogP contribution >= 0.6 is 23.2 Å². The van der Waals surface area contributed by atoms with E-state index in [-0.39, 0.29) is 6.92 Å². The fourth-order valence-electron chi connectivity index (χ4n) is 1.51. The molecule has 0 bridgehead atoms. The molecule has 1 atom stereocenters. The van der Waals surface area contributed by atoms with Gasteiger partial charge in [0.1, 0.15) is 0 Å². The molecule has 0 aliphatic carbocycles. The molecule has 0 nitrogen and oxygen atoms in total. The SMILES string of the molecule is CC([SiH2]C(Cl)Cl)C(F)(F)C(F)(F)C(F)(F)C(F)(F)C(F)(F)C(F)(F)F. The van der Waals surface area contributed by atoms with Crippen LogP contribution in [0.1, 0.15) is 6.92 Å². The first-order valence-electron chi connectivity index (χ1n) is 5.83. The van der Waals surface area contributed by atoms with Crippen LogP contribution in [0.15, 0.2) is 0 Å². The van der Waals surface area contributed by atoms with Crippen molar-refractivity contribution in [2.24, 2.45) is 0 Å². The quantitative estimate of drug-likeness (QED) is 0.268. The minimum absolute atomic E-state index is 0.147. The van der Waals surface area contributed by atoms with E-state index in [0.29, 0.717) is 0 Å². The van der Waals surface area contributed by atoms with Gasteiger partial charge < -0.3 is 0 Å². The Morgan fingerprint density at radius 1 is 0.600 bits per heavy atom. The maximum Gasteiger partial charge on any atom is 0.460 e. The van der Waals surface area contributed by atoms with Crippen LogP contribution in [0.4, 0.5) is 57.1 Å². The van der Waals surface area contributed by atoms with Gasteiger partial charge in [0.2, 0.25) is 0 Å². The van der Waals surface area contributed by atoms with Gasteiger partial charge in [0.05, 0.1) is 14.0 Å². The summed E-state index contributed by atoms with van der Waals surface area (Å²) in [7, 11) is -2.76. The number of hydrogen-bond donors (Lipinski definition) is 0. The zero-order valence-corrected chi connectivity index (χ0v) is 14.5. The van der Waals surface area contributed by atoms with Crippen LogP contribution in [-0.2, 0) is 0 Å². The van der Waals surface area contributed by atoms with Crippen molar-refractivity contribution in [3.8, 4) is 0 Å². The minimum Gasteiger partial charge on any atom is -0.200 e. The van der Waals surface area contributed by atoms with E-state index < -0.39 is 55.3 Å². The van der Waals surface area contributed by atoms with Gasteiger partial charge in [0.15, 0.2) is 0 Å². The predicted octanol–water partition coefficient (Wildman–Crippen LogP) is 5.46. The van der Waals surface area contributed by atoms with E-state index in [1.54, 1.807) is 0 Å². The Labute approximate surface area is 143 Å². The first-order chi connectivity index (χ1) is 10.6. The second-order valence-electron chi connectivity index (χ2n) is 4.95. The van der Waals surface area contributed by atoms with Crippen LogP contribution in [0.25, 0.3) is 0 Å². The maximum absolute atomic E-state index is 13.5. The third-order valence-electron chi connectivity index (χ3n) is 3.11. The van der Waals surface area contributed by atoms with Crippen molar-refractivity contribution in [2.75, 3.05) is 0 Å². The molecule has 16 heteroatoms. The van der Waals surface area contributed by atoms with E-state index in [1.807, 2.05) is 0 Å². The summed E-state index contributed by atoms with van der Waals surface area (Å²) in [5.41, 5.74) is -2.84. The second kappa shape index (κ2) is 6.80. The number of alkyl halides is 15. The highest BCUT2D eigenvalue weighted by atomic mass is 35.5. The van der Waals surface area contributed by atoms with Gasteiger partial charge in [-0.3, -0.25) is 0 Å². The Kier molecular flexibility index (Phi) is 6.77. The molecule has 0 radical (unpaired) electrons. The van der Waals surface area contributed by atoms with Crippen molar-refractivity contribution in [3.05, 3.63) is 0 Å². The van der Waals surface area contributed by atoms with E-state index in [2.05, 4.69) is 0 Å². The summed E-state index contributed by atoms with van der Waals surface area (Å²) >= 11 is 10.0. The van der Waals surface area contributed by atoms with E-state index in [9.17, 15) is 57.1 Å². The minimum atomic E-state index is -7.88. The number of hydrogen-bond acceptors (Lipinski definition) is 0. The number of rotatable bonds is 7. The highest BCUT2D eigenvalue weighted by Gasteiger charge is 2.90.